The summed E-state index contributed by atoms with van der Waals surface area (Å²) in [4.78, 5) is 8.78. The van der Waals surface area contributed by atoms with Crippen LogP contribution in [0.25, 0.3) is 11.3 Å². The zero-order valence-electron chi connectivity index (χ0n) is 17.9. The fourth-order valence-corrected chi connectivity index (χ4v) is 4.00. The van der Waals surface area contributed by atoms with Crippen LogP contribution in [-0.4, -0.2) is 24.2 Å². The fourth-order valence-electron chi connectivity index (χ4n) is 4.00. The third-order valence-corrected chi connectivity index (χ3v) is 5.77. The molecule has 1 heterocycles. The van der Waals surface area contributed by atoms with Crippen molar-refractivity contribution in [2.75, 3.05) is 19.5 Å². The largest absolute Gasteiger partial charge is 0.497 e. The molecule has 1 aromatic heterocycles. The lowest BCUT2D eigenvalue weighted by atomic mass is 9.84. The Kier molecular flexibility index (Phi) is 5.24. The highest BCUT2D eigenvalue weighted by molar-refractivity contribution is 5.68. The van der Waals surface area contributed by atoms with E-state index in [-0.39, 0.29) is 22.8 Å². The van der Waals surface area contributed by atoms with Gasteiger partial charge in [-0.15, -0.1) is 0 Å². The average Bonchev–Trinajstić information content (AvgIpc) is 3.09. The predicted molar refractivity (Wildman–Crippen MR) is 116 cm³/mol. The fraction of sp³-hybridized carbons (Fsp3) is 0.292. The molecule has 1 N–H and O–H groups in total. The molecule has 1 aliphatic carbocycles. The van der Waals surface area contributed by atoms with E-state index in [1.807, 2.05) is 6.07 Å². The monoisotopic (exact) mass is 418 g/mol. The summed E-state index contributed by atoms with van der Waals surface area (Å²) in [5, 5.41) is 12.6. The summed E-state index contributed by atoms with van der Waals surface area (Å²) in [6.45, 7) is 4.38. The zero-order valence-corrected chi connectivity index (χ0v) is 17.9. The van der Waals surface area contributed by atoms with Gasteiger partial charge in [-0.25, -0.2) is 14.4 Å². The molecule has 0 saturated heterocycles. The first-order valence-electron chi connectivity index (χ1n) is 9.95. The van der Waals surface area contributed by atoms with Crippen LogP contribution < -0.4 is 14.8 Å². The lowest BCUT2D eigenvalue weighted by Gasteiger charge is -2.20. The Hall–Kier alpha value is -3.66. The van der Waals surface area contributed by atoms with Crippen LogP contribution in [0.2, 0.25) is 0 Å². The van der Waals surface area contributed by atoms with Crippen LogP contribution in [0.5, 0.6) is 11.5 Å². The molecular formula is C24H23FN4O2. The maximum absolute atomic E-state index is 14.7. The van der Waals surface area contributed by atoms with Gasteiger partial charge in [0.15, 0.2) is 11.6 Å². The van der Waals surface area contributed by atoms with E-state index < -0.39 is 5.82 Å². The van der Waals surface area contributed by atoms with Gasteiger partial charge in [0.05, 0.1) is 37.2 Å². The molecule has 7 heteroatoms. The Morgan fingerprint density at radius 2 is 1.97 bits per heavy atom. The molecule has 0 spiro atoms. The molecule has 0 atom stereocenters. The third-order valence-electron chi connectivity index (χ3n) is 5.77. The van der Waals surface area contributed by atoms with E-state index in [0.717, 1.165) is 24.0 Å². The second-order valence-electron chi connectivity index (χ2n) is 8.13. The lowest BCUT2D eigenvalue weighted by Crippen LogP contribution is -2.12. The van der Waals surface area contributed by atoms with Crippen molar-refractivity contribution in [3.63, 3.8) is 0 Å². The molecule has 3 aromatic rings. The third kappa shape index (κ3) is 3.77. The molecule has 0 unspecified atom stereocenters. The number of hydrogen-bond donors (Lipinski definition) is 1. The van der Waals surface area contributed by atoms with Crippen molar-refractivity contribution in [2.24, 2.45) is 0 Å². The topological polar surface area (TPSA) is 80.1 Å². The van der Waals surface area contributed by atoms with Crippen molar-refractivity contribution in [1.29, 1.82) is 5.26 Å². The molecule has 2 aromatic carbocycles. The van der Waals surface area contributed by atoms with E-state index in [0.29, 0.717) is 17.0 Å². The van der Waals surface area contributed by atoms with Gasteiger partial charge in [0, 0.05) is 23.9 Å². The maximum Gasteiger partial charge on any atom is 0.227 e. The summed E-state index contributed by atoms with van der Waals surface area (Å²) in [7, 11) is 2.89. The minimum atomic E-state index is -0.566. The first kappa shape index (κ1) is 20.6. The highest BCUT2D eigenvalue weighted by Crippen LogP contribution is 2.42. The predicted octanol–water partition coefficient (Wildman–Crippen LogP) is 5.14. The lowest BCUT2D eigenvalue weighted by molar-refractivity contribution is 0.375. The number of ether oxygens (including phenoxy) is 2. The minimum absolute atomic E-state index is 0.00529. The Balaban J connectivity index is 1.74. The second kappa shape index (κ2) is 7.88. The van der Waals surface area contributed by atoms with Gasteiger partial charge in [-0.05, 0) is 47.6 Å². The molecule has 0 bridgehead atoms. The van der Waals surface area contributed by atoms with E-state index in [2.05, 4.69) is 41.3 Å². The average molecular weight is 418 g/mol. The summed E-state index contributed by atoms with van der Waals surface area (Å²) in [6, 6.07) is 11.0. The van der Waals surface area contributed by atoms with Gasteiger partial charge in [0.25, 0.3) is 0 Å². The van der Waals surface area contributed by atoms with Gasteiger partial charge in [0.1, 0.15) is 5.75 Å². The second-order valence-corrected chi connectivity index (χ2v) is 8.13. The zero-order chi connectivity index (χ0) is 22.2. The molecule has 31 heavy (non-hydrogen) atoms. The Labute approximate surface area is 180 Å². The molecule has 4 rings (SSSR count). The Bertz CT molecular complexity index is 1200. The number of fused-ring (bicyclic) bond motifs is 1. The SMILES string of the molecule is COc1cc(Nc2nccc(-c3cc(C#N)c4c(c3)C(C)(C)CC4)n2)c(F)c(OC)c1. The van der Waals surface area contributed by atoms with Crippen molar-refractivity contribution in [1.82, 2.24) is 9.97 Å². The minimum Gasteiger partial charge on any atom is -0.497 e. The normalized spacial score (nSPS) is 13.9. The number of anilines is 2. The van der Waals surface area contributed by atoms with Crippen LogP contribution in [-0.2, 0) is 11.8 Å². The summed E-state index contributed by atoms with van der Waals surface area (Å²) in [5.41, 5.74) is 4.60. The van der Waals surface area contributed by atoms with Crippen LogP contribution in [0, 0.1) is 17.1 Å². The van der Waals surface area contributed by atoms with Gasteiger partial charge in [0.2, 0.25) is 5.95 Å². The highest BCUT2D eigenvalue weighted by atomic mass is 19.1. The number of rotatable bonds is 5. The quantitative estimate of drug-likeness (QED) is 0.618. The van der Waals surface area contributed by atoms with Crippen LogP contribution in [0.15, 0.2) is 36.5 Å². The van der Waals surface area contributed by atoms with E-state index in [1.54, 1.807) is 12.3 Å². The van der Waals surface area contributed by atoms with Crippen molar-refractivity contribution in [3.8, 4) is 28.8 Å². The van der Waals surface area contributed by atoms with Crippen molar-refractivity contribution in [3.05, 3.63) is 59.0 Å². The van der Waals surface area contributed by atoms with Crippen LogP contribution in [0.1, 0.15) is 37.0 Å². The van der Waals surface area contributed by atoms with Crippen molar-refractivity contribution < 1.29 is 13.9 Å². The number of halogens is 1. The maximum atomic E-state index is 14.7. The number of nitrogens with zero attached hydrogens (tertiary/aromatic N) is 3. The molecule has 0 fully saturated rings. The van der Waals surface area contributed by atoms with E-state index in [1.165, 1.54) is 31.9 Å². The number of aromatic nitrogens is 2. The molecule has 158 valence electrons. The molecule has 0 radical (unpaired) electrons. The van der Waals surface area contributed by atoms with Gasteiger partial charge >= 0.3 is 0 Å². The van der Waals surface area contributed by atoms with Crippen molar-refractivity contribution in [2.45, 2.75) is 32.1 Å². The van der Waals surface area contributed by atoms with Crippen LogP contribution in [0.4, 0.5) is 16.0 Å². The number of methoxy groups -OCH3 is 2. The smallest absolute Gasteiger partial charge is 0.227 e. The molecular weight excluding hydrogens is 395 g/mol. The first-order chi connectivity index (χ1) is 14.9. The van der Waals surface area contributed by atoms with Gasteiger partial charge < -0.3 is 14.8 Å². The molecule has 0 aliphatic heterocycles. The molecule has 0 amide bonds. The van der Waals surface area contributed by atoms with E-state index >= 15 is 0 Å². The van der Waals surface area contributed by atoms with Gasteiger partial charge in [-0.3, -0.25) is 0 Å². The standard InChI is InChI=1S/C24H23FN4O2/c1-24(2)7-5-17-15(13-26)9-14(10-18(17)24)19-6-8-27-23(28-19)29-20-11-16(30-3)12-21(31-4)22(20)25/h6,8-12H,5,7H2,1-4H3,(H,27,28,29). The Morgan fingerprint density at radius 3 is 2.68 bits per heavy atom. The van der Waals surface area contributed by atoms with Gasteiger partial charge in [-0.2, -0.15) is 5.26 Å². The summed E-state index contributed by atoms with van der Waals surface area (Å²) in [5.74, 6) is 0.155. The molecule has 6 nitrogen and oxygen atoms in total. The molecule has 1 aliphatic rings. The Morgan fingerprint density at radius 1 is 1.16 bits per heavy atom. The van der Waals surface area contributed by atoms with E-state index in [4.69, 9.17) is 9.47 Å². The number of hydrogen-bond acceptors (Lipinski definition) is 6. The van der Waals surface area contributed by atoms with E-state index in [9.17, 15) is 9.65 Å². The van der Waals surface area contributed by atoms with Gasteiger partial charge in [-0.1, -0.05) is 13.8 Å². The highest BCUT2D eigenvalue weighted by Gasteiger charge is 2.32. The molecule has 0 saturated carbocycles. The summed E-state index contributed by atoms with van der Waals surface area (Å²) < 4.78 is 25.0. The van der Waals surface area contributed by atoms with Crippen LogP contribution in [0.3, 0.4) is 0 Å². The van der Waals surface area contributed by atoms with Crippen molar-refractivity contribution >= 4 is 11.6 Å². The first-order valence-corrected chi connectivity index (χ1v) is 9.95. The van der Waals surface area contributed by atoms with Crippen LogP contribution >= 0.6 is 0 Å². The summed E-state index contributed by atoms with van der Waals surface area (Å²) >= 11 is 0. The number of benzene rings is 2. The number of nitrogens with one attached hydrogen (secondary N) is 1. The number of nitriles is 1. The summed E-state index contributed by atoms with van der Waals surface area (Å²) in [6.07, 6.45) is 3.51.